The number of anilines is 1. The quantitative estimate of drug-likeness (QED) is 0.244. The molecule has 7 nitrogen and oxygen atoms in total. The van der Waals surface area contributed by atoms with E-state index in [1.54, 1.807) is 10.7 Å². The maximum Gasteiger partial charge on any atom is 0.259 e. The molecule has 1 aromatic heterocycles. The Labute approximate surface area is 231 Å². The van der Waals surface area contributed by atoms with Crippen molar-refractivity contribution in [2.75, 3.05) is 12.4 Å². The molecule has 1 amide bonds. The molecule has 0 bridgehead atoms. The Morgan fingerprint density at radius 1 is 0.872 bits per heavy atom. The molecule has 0 radical (unpaired) electrons. The van der Waals surface area contributed by atoms with Gasteiger partial charge in [-0.25, -0.2) is 13.1 Å². The first kappa shape index (κ1) is 26.2. The SMILES string of the molecule is COc1cc(NC(=O)c2c(-c3ccccc3)nn(-c3ccccc3)c2C)cc(S(=O)(=O)c2ccc(Cl)cc2)c1. The number of rotatable bonds is 7. The summed E-state index contributed by atoms with van der Waals surface area (Å²) in [6, 6.07) is 29.2. The van der Waals surface area contributed by atoms with Crippen molar-refractivity contribution in [3.8, 4) is 22.7 Å². The summed E-state index contributed by atoms with van der Waals surface area (Å²) < 4.78 is 33.8. The van der Waals surface area contributed by atoms with E-state index >= 15 is 0 Å². The molecule has 5 aromatic rings. The van der Waals surface area contributed by atoms with Gasteiger partial charge in [0.05, 0.1) is 33.8 Å². The molecule has 0 saturated carbocycles. The van der Waals surface area contributed by atoms with Gasteiger partial charge >= 0.3 is 0 Å². The maximum atomic E-state index is 13.8. The molecule has 1 heterocycles. The number of aromatic nitrogens is 2. The van der Waals surface area contributed by atoms with Crippen LogP contribution in [0, 0.1) is 6.92 Å². The molecule has 5 rings (SSSR count). The number of hydrogen-bond acceptors (Lipinski definition) is 5. The van der Waals surface area contributed by atoms with Crippen LogP contribution < -0.4 is 10.1 Å². The van der Waals surface area contributed by atoms with Crippen molar-refractivity contribution in [2.24, 2.45) is 0 Å². The molecule has 0 atom stereocenters. The monoisotopic (exact) mass is 557 g/mol. The lowest BCUT2D eigenvalue weighted by molar-refractivity contribution is 0.102. The van der Waals surface area contributed by atoms with E-state index in [0.717, 1.165) is 11.3 Å². The number of nitrogens with zero attached hydrogens (tertiary/aromatic N) is 2. The van der Waals surface area contributed by atoms with Crippen LogP contribution in [-0.4, -0.2) is 31.2 Å². The molecule has 4 aromatic carbocycles. The summed E-state index contributed by atoms with van der Waals surface area (Å²) >= 11 is 5.94. The Hall–Kier alpha value is -4.40. The van der Waals surface area contributed by atoms with E-state index in [-0.39, 0.29) is 21.2 Å². The summed E-state index contributed by atoms with van der Waals surface area (Å²) in [5, 5.41) is 8.06. The van der Waals surface area contributed by atoms with Crippen molar-refractivity contribution in [1.29, 1.82) is 0 Å². The molecule has 0 aliphatic heterocycles. The van der Waals surface area contributed by atoms with E-state index in [0.29, 0.717) is 22.0 Å². The predicted molar refractivity (Wildman–Crippen MR) is 152 cm³/mol. The lowest BCUT2D eigenvalue weighted by Gasteiger charge is -2.12. The van der Waals surface area contributed by atoms with Crippen LogP contribution >= 0.6 is 11.6 Å². The second-order valence-corrected chi connectivity index (χ2v) is 11.1. The van der Waals surface area contributed by atoms with Crippen molar-refractivity contribution < 1.29 is 17.9 Å². The lowest BCUT2D eigenvalue weighted by Crippen LogP contribution is -2.15. The molecular formula is C30H24ClN3O4S. The first-order chi connectivity index (χ1) is 18.8. The van der Waals surface area contributed by atoms with Gasteiger partial charge in [0.1, 0.15) is 11.4 Å². The van der Waals surface area contributed by atoms with Gasteiger partial charge in [0, 0.05) is 22.3 Å². The predicted octanol–water partition coefficient (Wildman–Crippen LogP) is 6.59. The Bertz CT molecular complexity index is 1750. The fourth-order valence-electron chi connectivity index (χ4n) is 4.25. The van der Waals surface area contributed by atoms with Gasteiger partial charge in [-0.05, 0) is 55.5 Å². The number of carbonyl (C=O) groups is 1. The van der Waals surface area contributed by atoms with Gasteiger partial charge < -0.3 is 10.1 Å². The number of sulfone groups is 1. The Balaban J connectivity index is 1.57. The average Bonchev–Trinajstić information content (AvgIpc) is 3.31. The van der Waals surface area contributed by atoms with E-state index in [2.05, 4.69) is 5.32 Å². The first-order valence-corrected chi connectivity index (χ1v) is 13.9. The number of halogens is 1. The maximum absolute atomic E-state index is 13.8. The topological polar surface area (TPSA) is 90.3 Å². The van der Waals surface area contributed by atoms with Crippen molar-refractivity contribution in [1.82, 2.24) is 9.78 Å². The minimum absolute atomic E-state index is 0.0283. The molecule has 0 fully saturated rings. The van der Waals surface area contributed by atoms with E-state index in [1.165, 1.54) is 43.5 Å². The second kappa shape index (κ2) is 10.8. The van der Waals surface area contributed by atoms with Crippen LogP contribution in [0.25, 0.3) is 16.9 Å². The van der Waals surface area contributed by atoms with Crippen LogP contribution in [0.1, 0.15) is 16.1 Å². The fraction of sp³-hybridized carbons (Fsp3) is 0.0667. The highest BCUT2D eigenvalue weighted by molar-refractivity contribution is 7.91. The highest BCUT2D eigenvalue weighted by atomic mass is 35.5. The Morgan fingerprint density at radius 2 is 1.51 bits per heavy atom. The van der Waals surface area contributed by atoms with Crippen molar-refractivity contribution >= 4 is 33.0 Å². The Morgan fingerprint density at radius 3 is 2.15 bits per heavy atom. The summed E-state index contributed by atoms with van der Waals surface area (Å²) in [6.45, 7) is 1.82. The van der Waals surface area contributed by atoms with Gasteiger partial charge in [0.2, 0.25) is 9.84 Å². The summed E-state index contributed by atoms with van der Waals surface area (Å²) in [7, 11) is -2.48. The molecule has 0 spiro atoms. The molecule has 0 unspecified atom stereocenters. The van der Waals surface area contributed by atoms with Gasteiger partial charge in [-0.2, -0.15) is 5.10 Å². The molecule has 0 aliphatic rings. The molecule has 9 heteroatoms. The van der Waals surface area contributed by atoms with Crippen molar-refractivity contribution in [3.63, 3.8) is 0 Å². The highest BCUT2D eigenvalue weighted by Gasteiger charge is 2.25. The van der Waals surface area contributed by atoms with Crippen LogP contribution in [-0.2, 0) is 9.84 Å². The number of carbonyl (C=O) groups excluding carboxylic acids is 1. The molecule has 0 aliphatic carbocycles. The second-order valence-electron chi connectivity index (χ2n) is 8.73. The third-order valence-electron chi connectivity index (χ3n) is 6.20. The molecule has 39 heavy (non-hydrogen) atoms. The number of amides is 1. The van der Waals surface area contributed by atoms with Crippen molar-refractivity contribution in [2.45, 2.75) is 16.7 Å². The van der Waals surface area contributed by atoms with Crippen LogP contribution in [0.4, 0.5) is 5.69 Å². The van der Waals surface area contributed by atoms with E-state index in [4.69, 9.17) is 21.4 Å². The largest absolute Gasteiger partial charge is 0.497 e. The number of nitrogens with one attached hydrogen (secondary N) is 1. The van der Waals surface area contributed by atoms with Crippen LogP contribution in [0.15, 0.2) is 113 Å². The zero-order valence-electron chi connectivity index (χ0n) is 21.1. The third kappa shape index (κ3) is 5.30. The molecular weight excluding hydrogens is 534 g/mol. The zero-order valence-corrected chi connectivity index (χ0v) is 22.7. The van der Waals surface area contributed by atoms with Gasteiger partial charge in [0.25, 0.3) is 5.91 Å². The van der Waals surface area contributed by atoms with Crippen LogP contribution in [0.5, 0.6) is 5.75 Å². The summed E-state index contributed by atoms with van der Waals surface area (Å²) in [6.07, 6.45) is 0. The zero-order chi connectivity index (χ0) is 27.6. The van der Waals surface area contributed by atoms with Crippen LogP contribution in [0.3, 0.4) is 0 Å². The molecule has 0 saturated heterocycles. The smallest absolute Gasteiger partial charge is 0.259 e. The average molecular weight is 558 g/mol. The van der Waals surface area contributed by atoms with E-state index in [1.807, 2.05) is 67.6 Å². The minimum atomic E-state index is -3.91. The lowest BCUT2D eigenvalue weighted by atomic mass is 10.1. The molecule has 1 N–H and O–H groups in total. The van der Waals surface area contributed by atoms with Gasteiger partial charge in [-0.15, -0.1) is 0 Å². The summed E-state index contributed by atoms with van der Waals surface area (Å²) in [5.41, 5.74) is 3.36. The fourth-order valence-corrected chi connectivity index (χ4v) is 5.70. The standard InChI is InChI=1S/C30H24ClN3O4S/c1-20-28(29(21-9-5-3-6-10-21)33-34(20)24-11-7-4-8-12-24)30(35)32-23-17-25(38-2)19-27(18-23)39(36,37)26-15-13-22(31)14-16-26/h3-19H,1-2H3,(H,32,35). The number of ether oxygens (including phenoxy) is 1. The Kier molecular flexibility index (Phi) is 7.24. The van der Waals surface area contributed by atoms with Crippen LogP contribution in [0.2, 0.25) is 5.02 Å². The normalized spacial score (nSPS) is 11.3. The highest BCUT2D eigenvalue weighted by Crippen LogP contribution is 2.31. The number of para-hydroxylation sites is 1. The van der Waals surface area contributed by atoms with Crippen molar-refractivity contribution in [3.05, 3.63) is 119 Å². The first-order valence-electron chi connectivity index (χ1n) is 12.0. The van der Waals surface area contributed by atoms with Gasteiger partial charge in [-0.3, -0.25) is 4.79 Å². The van der Waals surface area contributed by atoms with E-state index in [9.17, 15) is 13.2 Å². The number of benzene rings is 4. The van der Waals surface area contributed by atoms with E-state index < -0.39 is 15.7 Å². The number of hydrogen-bond donors (Lipinski definition) is 1. The summed E-state index contributed by atoms with van der Waals surface area (Å²) in [5.74, 6) is -0.156. The number of methoxy groups -OCH3 is 1. The molecule has 196 valence electrons. The minimum Gasteiger partial charge on any atom is -0.497 e. The third-order valence-corrected chi connectivity index (χ3v) is 8.20. The van der Waals surface area contributed by atoms with Gasteiger partial charge in [-0.1, -0.05) is 60.1 Å². The summed E-state index contributed by atoms with van der Waals surface area (Å²) in [4.78, 5) is 13.8. The van der Waals surface area contributed by atoms with Gasteiger partial charge in [0.15, 0.2) is 0 Å².